The predicted octanol–water partition coefficient (Wildman–Crippen LogP) is 4.14. The van der Waals surface area contributed by atoms with Crippen LogP contribution in [-0.2, 0) is 14.3 Å². The summed E-state index contributed by atoms with van der Waals surface area (Å²) in [6.07, 6.45) is 4.99. The SMILES string of the molecule is CC[C@H](C(=O)C1CCCCC[C@H]1C(=O)OC)c1cc(OC)c(OC)c(OC)c1. The molecule has 1 aromatic carbocycles. The fourth-order valence-electron chi connectivity index (χ4n) is 4.24. The zero-order valence-corrected chi connectivity index (χ0v) is 17.6. The van der Waals surface area contributed by atoms with Gasteiger partial charge in [-0.3, -0.25) is 9.59 Å². The minimum atomic E-state index is -0.365. The van der Waals surface area contributed by atoms with E-state index >= 15 is 0 Å². The van der Waals surface area contributed by atoms with Crippen LogP contribution in [0.1, 0.15) is 56.9 Å². The smallest absolute Gasteiger partial charge is 0.309 e. The van der Waals surface area contributed by atoms with Gasteiger partial charge in [-0.2, -0.15) is 0 Å². The number of methoxy groups -OCH3 is 4. The third kappa shape index (κ3) is 4.59. The summed E-state index contributed by atoms with van der Waals surface area (Å²) < 4.78 is 21.3. The zero-order chi connectivity index (χ0) is 20.7. The summed E-state index contributed by atoms with van der Waals surface area (Å²) in [5, 5.41) is 0. The van der Waals surface area contributed by atoms with Gasteiger partial charge in [0.2, 0.25) is 5.75 Å². The molecule has 1 unspecified atom stereocenters. The van der Waals surface area contributed by atoms with E-state index in [2.05, 4.69) is 0 Å². The van der Waals surface area contributed by atoms with Gasteiger partial charge in [-0.15, -0.1) is 0 Å². The highest BCUT2D eigenvalue weighted by atomic mass is 16.5. The van der Waals surface area contributed by atoms with E-state index in [-0.39, 0.29) is 29.5 Å². The fraction of sp³-hybridized carbons (Fsp3) is 0.636. The van der Waals surface area contributed by atoms with Gasteiger partial charge in [-0.1, -0.05) is 26.2 Å². The Labute approximate surface area is 167 Å². The van der Waals surface area contributed by atoms with Crippen molar-refractivity contribution < 1.29 is 28.5 Å². The number of esters is 1. The third-order valence-corrected chi connectivity index (χ3v) is 5.73. The van der Waals surface area contributed by atoms with Gasteiger partial charge in [0.15, 0.2) is 11.5 Å². The third-order valence-electron chi connectivity index (χ3n) is 5.73. The van der Waals surface area contributed by atoms with Crippen molar-refractivity contribution in [3.8, 4) is 17.2 Å². The molecule has 0 spiro atoms. The normalized spacial score (nSPS) is 20.6. The van der Waals surface area contributed by atoms with Gasteiger partial charge in [-0.25, -0.2) is 0 Å². The summed E-state index contributed by atoms with van der Waals surface area (Å²) >= 11 is 0. The molecule has 1 saturated carbocycles. The van der Waals surface area contributed by atoms with Crippen LogP contribution in [0.3, 0.4) is 0 Å². The molecule has 3 atom stereocenters. The monoisotopic (exact) mass is 392 g/mol. The largest absolute Gasteiger partial charge is 0.493 e. The minimum Gasteiger partial charge on any atom is -0.493 e. The van der Waals surface area contributed by atoms with Gasteiger partial charge in [0, 0.05) is 11.8 Å². The Morgan fingerprint density at radius 3 is 1.96 bits per heavy atom. The minimum absolute atomic E-state index is 0.0917. The maximum absolute atomic E-state index is 13.5. The van der Waals surface area contributed by atoms with Crippen LogP contribution in [0.25, 0.3) is 0 Å². The van der Waals surface area contributed by atoms with Gasteiger partial charge >= 0.3 is 5.97 Å². The van der Waals surface area contributed by atoms with Crippen molar-refractivity contribution in [2.75, 3.05) is 28.4 Å². The average Bonchev–Trinajstić information content (AvgIpc) is 2.98. The number of carbonyl (C=O) groups is 2. The van der Waals surface area contributed by atoms with Crippen LogP contribution < -0.4 is 14.2 Å². The molecule has 0 aromatic heterocycles. The van der Waals surface area contributed by atoms with Crippen LogP contribution in [0, 0.1) is 11.8 Å². The quantitative estimate of drug-likeness (QED) is 0.489. The highest BCUT2D eigenvalue weighted by molar-refractivity contribution is 5.92. The molecular weight excluding hydrogens is 360 g/mol. The van der Waals surface area contributed by atoms with E-state index in [9.17, 15) is 9.59 Å². The zero-order valence-electron chi connectivity index (χ0n) is 17.6. The second-order valence-electron chi connectivity index (χ2n) is 7.20. The van der Waals surface area contributed by atoms with Gasteiger partial charge in [-0.05, 0) is 37.0 Å². The number of rotatable bonds is 8. The predicted molar refractivity (Wildman–Crippen MR) is 106 cm³/mol. The van der Waals surface area contributed by atoms with E-state index < -0.39 is 0 Å². The number of hydrogen-bond donors (Lipinski definition) is 0. The van der Waals surface area contributed by atoms with Crippen LogP contribution >= 0.6 is 0 Å². The first-order chi connectivity index (χ1) is 13.5. The molecule has 0 radical (unpaired) electrons. The number of Topliss-reactive ketones (excluding diaryl/α,β-unsaturated/α-hetero) is 1. The number of benzene rings is 1. The highest BCUT2D eigenvalue weighted by Crippen LogP contribution is 2.42. The first kappa shape index (κ1) is 22.1. The Morgan fingerprint density at radius 2 is 1.50 bits per heavy atom. The lowest BCUT2D eigenvalue weighted by Crippen LogP contribution is -2.33. The molecular formula is C22H32O6. The Bertz CT molecular complexity index is 659. The van der Waals surface area contributed by atoms with Gasteiger partial charge in [0.05, 0.1) is 34.4 Å². The lowest BCUT2D eigenvalue weighted by molar-refractivity contribution is -0.150. The Hall–Kier alpha value is -2.24. The topological polar surface area (TPSA) is 71.1 Å². The Kier molecular flexibility index (Phi) is 8.15. The molecule has 6 nitrogen and oxygen atoms in total. The highest BCUT2D eigenvalue weighted by Gasteiger charge is 2.38. The van der Waals surface area contributed by atoms with Crippen LogP contribution in [0.4, 0.5) is 0 Å². The average molecular weight is 392 g/mol. The number of ketones is 1. The van der Waals surface area contributed by atoms with Crippen molar-refractivity contribution in [2.45, 2.75) is 51.4 Å². The van der Waals surface area contributed by atoms with Crippen LogP contribution in [-0.4, -0.2) is 40.2 Å². The fourth-order valence-corrected chi connectivity index (χ4v) is 4.24. The summed E-state index contributed by atoms with van der Waals surface area (Å²) in [5.74, 6) is 0.327. The molecule has 0 amide bonds. The molecule has 0 aliphatic heterocycles. The molecule has 6 heteroatoms. The Balaban J connectivity index is 2.42. The second kappa shape index (κ2) is 10.3. The van der Waals surface area contributed by atoms with E-state index in [4.69, 9.17) is 18.9 Å². The Morgan fingerprint density at radius 1 is 0.929 bits per heavy atom. The van der Waals surface area contributed by atoms with E-state index in [1.807, 2.05) is 19.1 Å². The molecule has 2 rings (SSSR count). The van der Waals surface area contributed by atoms with Crippen molar-refractivity contribution in [3.63, 3.8) is 0 Å². The molecule has 0 saturated heterocycles. The molecule has 28 heavy (non-hydrogen) atoms. The lowest BCUT2D eigenvalue weighted by atomic mass is 9.77. The molecule has 1 aliphatic rings. The van der Waals surface area contributed by atoms with Gasteiger partial charge in [0.25, 0.3) is 0 Å². The van der Waals surface area contributed by atoms with Gasteiger partial charge < -0.3 is 18.9 Å². The molecule has 156 valence electrons. The van der Waals surface area contributed by atoms with E-state index in [0.717, 1.165) is 31.2 Å². The van der Waals surface area contributed by atoms with E-state index in [1.54, 1.807) is 21.3 Å². The second-order valence-corrected chi connectivity index (χ2v) is 7.20. The first-order valence-corrected chi connectivity index (χ1v) is 9.93. The van der Waals surface area contributed by atoms with Gasteiger partial charge in [0.1, 0.15) is 5.78 Å². The van der Waals surface area contributed by atoms with E-state index in [1.165, 1.54) is 7.11 Å². The van der Waals surface area contributed by atoms with E-state index in [0.29, 0.717) is 30.1 Å². The summed E-state index contributed by atoms with van der Waals surface area (Å²) in [6, 6.07) is 3.66. The van der Waals surface area contributed by atoms with Crippen LogP contribution in [0.2, 0.25) is 0 Å². The van der Waals surface area contributed by atoms with Crippen LogP contribution in [0.5, 0.6) is 17.2 Å². The number of hydrogen-bond acceptors (Lipinski definition) is 6. The maximum atomic E-state index is 13.5. The molecule has 0 heterocycles. The maximum Gasteiger partial charge on any atom is 0.309 e. The van der Waals surface area contributed by atoms with Crippen molar-refractivity contribution in [1.29, 1.82) is 0 Å². The lowest BCUT2D eigenvalue weighted by Gasteiger charge is -2.26. The van der Waals surface area contributed by atoms with Crippen molar-refractivity contribution in [3.05, 3.63) is 17.7 Å². The summed E-state index contributed by atoms with van der Waals surface area (Å²) in [7, 11) is 6.06. The number of ether oxygens (including phenoxy) is 4. The van der Waals surface area contributed by atoms with Crippen molar-refractivity contribution in [1.82, 2.24) is 0 Å². The molecule has 1 fully saturated rings. The van der Waals surface area contributed by atoms with Crippen LogP contribution in [0.15, 0.2) is 12.1 Å². The molecule has 0 N–H and O–H groups in total. The number of carbonyl (C=O) groups excluding carboxylic acids is 2. The summed E-state index contributed by atoms with van der Waals surface area (Å²) in [6.45, 7) is 1.98. The molecule has 1 aromatic rings. The van der Waals surface area contributed by atoms with Crippen molar-refractivity contribution >= 4 is 11.8 Å². The first-order valence-electron chi connectivity index (χ1n) is 9.93. The molecule has 0 bridgehead atoms. The molecule has 1 aliphatic carbocycles. The summed E-state index contributed by atoms with van der Waals surface area (Å²) in [5.41, 5.74) is 0.815. The standard InChI is InChI=1S/C22H32O6/c1-6-15(14-12-18(25-2)21(27-4)19(13-14)26-3)20(23)16-10-8-7-9-11-17(16)22(24)28-5/h12-13,15-17H,6-11H2,1-5H3/t15-,16?,17+/m0/s1. The van der Waals surface area contributed by atoms with Crippen molar-refractivity contribution in [2.24, 2.45) is 11.8 Å². The summed E-state index contributed by atoms with van der Waals surface area (Å²) in [4.78, 5) is 25.9.